The molecule has 0 spiro atoms. The summed E-state index contributed by atoms with van der Waals surface area (Å²) >= 11 is 0. The summed E-state index contributed by atoms with van der Waals surface area (Å²) in [5.41, 5.74) is 0.645. The van der Waals surface area contributed by atoms with Gasteiger partial charge in [-0.15, -0.1) is 10.2 Å². The number of amides is 1. The van der Waals surface area contributed by atoms with Crippen LogP contribution in [0.3, 0.4) is 0 Å². The van der Waals surface area contributed by atoms with E-state index in [4.69, 9.17) is 0 Å². The van der Waals surface area contributed by atoms with E-state index < -0.39 is 11.9 Å². The van der Waals surface area contributed by atoms with Crippen LogP contribution in [0.15, 0.2) is 45.8 Å². The molecule has 2 rings (SSSR count). The highest BCUT2D eigenvalue weighted by atomic mass is 16.5. The number of allylic oxidation sites excluding steroid dienone is 3. The van der Waals surface area contributed by atoms with Gasteiger partial charge in [0.15, 0.2) is 5.70 Å². The third-order valence-corrected chi connectivity index (χ3v) is 2.19. The molecule has 0 aromatic rings. The first-order valence-electron chi connectivity index (χ1n) is 4.37. The van der Waals surface area contributed by atoms with Gasteiger partial charge in [-0.3, -0.25) is 4.79 Å². The van der Waals surface area contributed by atoms with E-state index in [1.54, 1.807) is 24.3 Å². The van der Waals surface area contributed by atoms with E-state index in [1.807, 2.05) is 0 Å². The van der Waals surface area contributed by atoms with E-state index >= 15 is 0 Å². The van der Waals surface area contributed by atoms with Crippen LogP contribution in [-0.4, -0.2) is 19.0 Å². The molecule has 1 amide bonds. The van der Waals surface area contributed by atoms with Crippen molar-refractivity contribution >= 4 is 11.9 Å². The molecule has 1 aliphatic heterocycles. The Morgan fingerprint density at radius 2 is 2.20 bits per heavy atom. The molecule has 2 aliphatic rings. The average molecular weight is 204 g/mol. The first-order valence-corrected chi connectivity index (χ1v) is 4.37. The Bertz CT molecular complexity index is 444. The maximum absolute atomic E-state index is 11.4. The highest BCUT2D eigenvalue weighted by Gasteiger charge is 2.30. The van der Waals surface area contributed by atoms with Gasteiger partial charge in [-0.2, -0.15) is 0 Å². The minimum Gasteiger partial charge on any atom is -0.464 e. The topological polar surface area (TPSA) is 68.1 Å². The molecular weight excluding hydrogens is 196 g/mol. The average Bonchev–Trinajstić information content (AvgIpc) is 2.29. The van der Waals surface area contributed by atoms with Gasteiger partial charge < -0.3 is 4.74 Å². The fraction of sp³-hybridized carbons (Fsp3) is 0.200. The van der Waals surface area contributed by atoms with Crippen molar-refractivity contribution in [2.24, 2.45) is 16.1 Å². The number of fused-ring (bicyclic) bond motifs is 1. The van der Waals surface area contributed by atoms with Crippen LogP contribution in [0.4, 0.5) is 0 Å². The highest BCUT2D eigenvalue weighted by molar-refractivity contribution is 5.95. The van der Waals surface area contributed by atoms with Crippen LogP contribution in [0, 0.1) is 5.92 Å². The molecule has 5 heteroatoms. The van der Waals surface area contributed by atoms with Gasteiger partial charge in [-0.1, -0.05) is 24.3 Å². The van der Waals surface area contributed by atoms with Crippen molar-refractivity contribution < 1.29 is 14.3 Å². The Morgan fingerprint density at radius 1 is 1.40 bits per heavy atom. The quantitative estimate of drug-likeness (QED) is 0.601. The molecule has 1 heterocycles. The van der Waals surface area contributed by atoms with Gasteiger partial charge >= 0.3 is 5.97 Å². The van der Waals surface area contributed by atoms with Crippen LogP contribution >= 0.6 is 0 Å². The van der Waals surface area contributed by atoms with Crippen LogP contribution < -0.4 is 0 Å². The Hall–Kier alpha value is -2.04. The van der Waals surface area contributed by atoms with E-state index in [1.165, 1.54) is 7.11 Å². The zero-order valence-corrected chi connectivity index (χ0v) is 8.01. The number of rotatable bonds is 1. The first-order chi connectivity index (χ1) is 7.24. The van der Waals surface area contributed by atoms with Crippen LogP contribution in [0.1, 0.15) is 0 Å². The molecule has 0 aromatic carbocycles. The second kappa shape index (κ2) is 3.61. The molecule has 76 valence electrons. The van der Waals surface area contributed by atoms with Crippen molar-refractivity contribution in [1.82, 2.24) is 0 Å². The van der Waals surface area contributed by atoms with Gasteiger partial charge in [0.2, 0.25) is 0 Å². The number of esters is 1. The van der Waals surface area contributed by atoms with Gasteiger partial charge in [0.05, 0.1) is 13.0 Å². The van der Waals surface area contributed by atoms with Crippen molar-refractivity contribution in [1.29, 1.82) is 0 Å². The zero-order valence-electron chi connectivity index (χ0n) is 8.01. The summed E-state index contributed by atoms with van der Waals surface area (Å²) in [6.45, 7) is 0. The van der Waals surface area contributed by atoms with Gasteiger partial charge in [0.1, 0.15) is 0 Å². The molecule has 5 nitrogen and oxygen atoms in total. The molecule has 0 fully saturated rings. The number of azo groups is 1. The number of hydrogen-bond acceptors (Lipinski definition) is 4. The lowest BCUT2D eigenvalue weighted by Crippen LogP contribution is -2.20. The molecule has 0 bridgehead atoms. The van der Waals surface area contributed by atoms with Crippen LogP contribution in [0.25, 0.3) is 0 Å². The Labute approximate surface area is 85.8 Å². The normalized spacial score (nSPS) is 23.0. The smallest absolute Gasteiger partial charge is 0.358 e. The lowest BCUT2D eigenvalue weighted by atomic mass is 9.91. The number of carbonyl (C=O) groups excluding carboxylic acids is 2. The van der Waals surface area contributed by atoms with E-state index in [0.29, 0.717) is 5.57 Å². The Kier molecular flexibility index (Phi) is 2.29. The maximum Gasteiger partial charge on any atom is 0.358 e. The second-order valence-electron chi connectivity index (χ2n) is 3.06. The fourth-order valence-corrected chi connectivity index (χ4v) is 1.46. The van der Waals surface area contributed by atoms with Crippen LogP contribution in [-0.2, 0) is 14.3 Å². The summed E-state index contributed by atoms with van der Waals surface area (Å²) in [5, 5.41) is 6.97. The first kappa shape index (κ1) is 9.51. The predicted molar refractivity (Wildman–Crippen MR) is 50.7 cm³/mol. The molecule has 1 unspecified atom stereocenters. The van der Waals surface area contributed by atoms with Gasteiger partial charge in [-0.25, -0.2) is 4.79 Å². The van der Waals surface area contributed by atoms with E-state index in [0.717, 1.165) is 0 Å². The van der Waals surface area contributed by atoms with Crippen LogP contribution in [0.5, 0.6) is 0 Å². The maximum atomic E-state index is 11.4. The molecular formula is C10H8N2O3. The third-order valence-electron chi connectivity index (χ3n) is 2.19. The zero-order chi connectivity index (χ0) is 10.8. The molecule has 0 radical (unpaired) electrons. The molecule has 0 saturated carbocycles. The number of nitrogens with zero attached hydrogens (tertiary/aromatic N) is 2. The van der Waals surface area contributed by atoms with E-state index in [9.17, 15) is 9.59 Å². The van der Waals surface area contributed by atoms with Gasteiger partial charge in [-0.05, 0) is 0 Å². The monoisotopic (exact) mass is 204 g/mol. The van der Waals surface area contributed by atoms with E-state index in [2.05, 4.69) is 15.0 Å². The summed E-state index contributed by atoms with van der Waals surface area (Å²) in [6, 6.07) is 0. The molecule has 0 saturated heterocycles. The highest BCUT2D eigenvalue weighted by Crippen LogP contribution is 2.28. The van der Waals surface area contributed by atoms with Gasteiger partial charge in [0, 0.05) is 5.57 Å². The summed E-state index contributed by atoms with van der Waals surface area (Å²) in [5.74, 6) is -1.44. The van der Waals surface area contributed by atoms with Crippen molar-refractivity contribution in [2.45, 2.75) is 0 Å². The lowest BCUT2D eigenvalue weighted by Gasteiger charge is -2.17. The number of carbonyl (C=O) groups is 2. The largest absolute Gasteiger partial charge is 0.464 e. The molecule has 1 aliphatic carbocycles. The minimum absolute atomic E-state index is 0.0997. The van der Waals surface area contributed by atoms with E-state index in [-0.39, 0.29) is 11.6 Å². The number of ether oxygens (including phenoxy) is 1. The standard InChI is InChI=1S/C10H8N2O3/c1-15-10(14)8-6-4-2-3-5-7(6)9(13)12-11-8/h2-5,7H,1H3. The fourth-order valence-electron chi connectivity index (χ4n) is 1.46. The third kappa shape index (κ3) is 1.52. The lowest BCUT2D eigenvalue weighted by molar-refractivity contribution is -0.136. The van der Waals surface area contributed by atoms with Crippen molar-refractivity contribution in [2.75, 3.05) is 7.11 Å². The minimum atomic E-state index is -0.578. The van der Waals surface area contributed by atoms with Crippen molar-refractivity contribution in [3.05, 3.63) is 35.6 Å². The molecule has 15 heavy (non-hydrogen) atoms. The Balaban J connectivity index is 2.49. The summed E-state index contributed by atoms with van der Waals surface area (Å²) in [6.07, 6.45) is 6.83. The predicted octanol–water partition coefficient (Wildman–Crippen LogP) is 1.15. The summed E-state index contributed by atoms with van der Waals surface area (Å²) in [4.78, 5) is 22.7. The number of methoxy groups -OCH3 is 1. The molecule has 0 N–H and O–H groups in total. The summed E-state index contributed by atoms with van der Waals surface area (Å²) < 4.78 is 4.55. The second-order valence-corrected chi connectivity index (χ2v) is 3.06. The van der Waals surface area contributed by atoms with Gasteiger partial charge in [0.25, 0.3) is 5.91 Å². The van der Waals surface area contributed by atoms with Crippen molar-refractivity contribution in [3.8, 4) is 0 Å². The molecule has 1 atom stereocenters. The number of hydrogen-bond donors (Lipinski definition) is 0. The Morgan fingerprint density at radius 3 is 2.93 bits per heavy atom. The van der Waals surface area contributed by atoms with Crippen LogP contribution in [0.2, 0.25) is 0 Å². The SMILES string of the molecule is COC(=O)C1=C2C=CC=CC2C(=O)N=N1. The summed E-state index contributed by atoms with van der Waals surface area (Å²) in [7, 11) is 1.26. The van der Waals surface area contributed by atoms with Crippen molar-refractivity contribution in [3.63, 3.8) is 0 Å². The molecule has 0 aromatic heterocycles.